The van der Waals surface area contributed by atoms with Gasteiger partial charge in [-0.05, 0) is 24.0 Å². The Morgan fingerprint density at radius 1 is 1.33 bits per heavy atom. The Morgan fingerprint density at radius 3 is 2.20 bits per heavy atom. The molecule has 1 unspecified atom stereocenters. The lowest BCUT2D eigenvalue weighted by atomic mass is 10.0. The van der Waals surface area contributed by atoms with Gasteiger partial charge in [-0.25, -0.2) is 0 Å². The van der Waals surface area contributed by atoms with Gasteiger partial charge in [0.25, 0.3) is 0 Å². The minimum atomic E-state index is -0.954. The van der Waals surface area contributed by atoms with Crippen LogP contribution < -0.4 is 5.73 Å². The Morgan fingerprint density at radius 2 is 1.80 bits per heavy atom. The minimum absolute atomic E-state index is 0. The van der Waals surface area contributed by atoms with E-state index in [4.69, 9.17) is 10.8 Å². The van der Waals surface area contributed by atoms with Crippen LogP contribution in [0.1, 0.15) is 18.1 Å². The molecule has 0 aliphatic carbocycles. The van der Waals surface area contributed by atoms with Gasteiger partial charge in [-0.3, -0.25) is 4.79 Å². The average molecular weight is 230 g/mol. The van der Waals surface area contributed by atoms with Crippen LogP contribution in [0.5, 0.6) is 0 Å². The zero-order chi connectivity index (χ0) is 10.6. The zero-order valence-corrected chi connectivity index (χ0v) is 9.46. The Kier molecular flexibility index (Phi) is 5.97. The van der Waals surface area contributed by atoms with E-state index in [0.717, 1.165) is 12.0 Å². The van der Waals surface area contributed by atoms with E-state index in [0.29, 0.717) is 6.42 Å². The maximum atomic E-state index is 10.5. The smallest absolute Gasteiger partial charge is 0.320 e. The van der Waals surface area contributed by atoms with Crippen molar-refractivity contribution in [2.24, 2.45) is 5.73 Å². The number of aryl methyl sites for hydroxylation is 1. The monoisotopic (exact) mass is 229 g/mol. The van der Waals surface area contributed by atoms with Gasteiger partial charge in [0.05, 0.1) is 0 Å². The highest BCUT2D eigenvalue weighted by atomic mass is 35.5. The van der Waals surface area contributed by atoms with E-state index >= 15 is 0 Å². The summed E-state index contributed by atoms with van der Waals surface area (Å²) >= 11 is 0. The summed E-state index contributed by atoms with van der Waals surface area (Å²) in [5.41, 5.74) is 7.64. The highest BCUT2D eigenvalue weighted by molar-refractivity contribution is 5.85. The first-order valence-corrected chi connectivity index (χ1v) is 4.69. The summed E-state index contributed by atoms with van der Waals surface area (Å²) in [6.45, 7) is 2.08. The van der Waals surface area contributed by atoms with E-state index in [9.17, 15) is 4.79 Å². The second kappa shape index (κ2) is 6.43. The summed E-state index contributed by atoms with van der Waals surface area (Å²) in [6, 6.07) is 7.07. The maximum Gasteiger partial charge on any atom is 0.320 e. The van der Waals surface area contributed by atoms with Crippen LogP contribution in [-0.4, -0.2) is 17.1 Å². The first-order chi connectivity index (χ1) is 6.63. The van der Waals surface area contributed by atoms with Crippen molar-refractivity contribution in [3.05, 3.63) is 35.4 Å². The van der Waals surface area contributed by atoms with Gasteiger partial charge in [0.15, 0.2) is 0 Å². The Bertz CT molecular complexity index is 311. The van der Waals surface area contributed by atoms with Crippen LogP contribution in [0.4, 0.5) is 0 Å². The van der Waals surface area contributed by atoms with Gasteiger partial charge in [-0.2, -0.15) is 0 Å². The van der Waals surface area contributed by atoms with E-state index < -0.39 is 12.0 Å². The third-order valence-electron chi connectivity index (χ3n) is 2.20. The van der Waals surface area contributed by atoms with Crippen molar-refractivity contribution in [2.45, 2.75) is 25.8 Å². The van der Waals surface area contributed by atoms with Crippen LogP contribution in [-0.2, 0) is 17.6 Å². The van der Waals surface area contributed by atoms with Gasteiger partial charge in [0.2, 0.25) is 0 Å². The van der Waals surface area contributed by atoms with Crippen molar-refractivity contribution in [3.63, 3.8) is 0 Å². The summed E-state index contributed by atoms with van der Waals surface area (Å²) in [6.07, 6.45) is 1.38. The standard InChI is InChI=1S/C11H15NO2.ClH/c1-2-8-3-5-9(6-4-8)7-10(12)11(13)14;/h3-6,10H,2,7,12H2,1H3,(H,13,14);1H. The number of halogens is 1. The molecule has 0 spiro atoms. The molecule has 0 heterocycles. The first-order valence-electron chi connectivity index (χ1n) is 4.69. The van der Waals surface area contributed by atoms with Crippen molar-refractivity contribution < 1.29 is 9.90 Å². The van der Waals surface area contributed by atoms with Gasteiger partial charge >= 0.3 is 5.97 Å². The van der Waals surface area contributed by atoms with Gasteiger partial charge in [-0.15, -0.1) is 12.4 Å². The second-order valence-electron chi connectivity index (χ2n) is 3.32. The molecule has 1 aromatic rings. The Hall–Kier alpha value is -1.06. The molecular weight excluding hydrogens is 214 g/mol. The highest BCUT2D eigenvalue weighted by Crippen LogP contribution is 2.06. The van der Waals surface area contributed by atoms with Crippen LogP contribution in [0, 0.1) is 0 Å². The first kappa shape index (κ1) is 13.9. The van der Waals surface area contributed by atoms with Crippen LogP contribution in [0.15, 0.2) is 24.3 Å². The summed E-state index contributed by atoms with van der Waals surface area (Å²) in [5.74, 6) is -0.954. The van der Waals surface area contributed by atoms with Crippen molar-refractivity contribution >= 4 is 18.4 Å². The Balaban J connectivity index is 0.00000196. The fraction of sp³-hybridized carbons (Fsp3) is 0.364. The third kappa shape index (κ3) is 4.32. The molecule has 0 aromatic heterocycles. The van der Waals surface area contributed by atoms with Crippen LogP contribution in [0.3, 0.4) is 0 Å². The lowest BCUT2D eigenvalue weighted by Gasteiger charge is -2.06. The molecular formula is C11H16ClNO2. The number of benzene rings is 1. The lowest BCUT2D eigenvalue weighted by Crippen LogP contribution is -2.32. The average Bonchev–Trinajstić information content (AvgIpc) is 2.19. The van der Waals surface area contributed by atoms with Crippen LogP contribution in [0.25, 0.3) is 0 Å². The van der Waals surface area contributed by atoms with Crippen LogP contribution >= 0.6 is 12.4 Å². The number of rotatable bonds is 4. The molecule has 84 valence electrons. The summed E-state index contributed by atoms with van der Waals surface area (Å²) in [4.78, 5) is 10.5. The number of hydrogen-bond acceptors (Lipinski definition) is 2. The molecule has 0 aliphatic heterocycles. The number of carboxylic acid groups (broad SMARTS) is 1. The summed E-state index contributed by atoms with van der Waals surface area (Å²) in [5, 5.41) is 8.62. The quantitative estimate of drug-likeness (QED) is 0.825. The molecule has 0 fully saturated rings. The van der Waals surface area contributed by atoms with Crippen molar-refractivity contribution in [3.8, 4) is 0 Å². The molecule has 1 rings (SSSR count). The molecule has 1 aromatic carbocycles. The van der Waals surface area contributed by atoms with Gasteiger partial charge in [0, 0.05) is 0 Å². The number of nitrogens with two attached hydrogens (primary N) is 1. The second-order valence-corrected chi connectivity index (χ2v) is 3.32. The fourth-order valence-electron chi connectivity index (χ4n) is 1.25. The number of carbonyl (C=O) groups is 1. The SMILES string of the molecule is CCc1ccc(CC(N)C(=O)O)cc1.Cl. The topological polar surface area (TPSA) is 63.3 Å². The molecule has 3 nitrogen and oxygen atoms in total. The van der Waals surface area contributed by atoms with E-state index in [1.54, 1.807) is 0 Å². The Labute approximate surface area is 95.7 Å². The van der Waals surface area contributed by atoms with Crippen LogP contribution in [0.2, 0.25) is 0 Å². The molecule has 3 N–H and O–H groups in total. The van der Waals surface area contributed by atoms with Gasteiger partial charge in [0.1, 0.15) is 6.04 Å². The maximum absolute atomic E-state index is 10.5. The highest BCUT2D eigenvalue weighted by Gasteiger charge is 2.11. The van der Waals surface area contributed by atoms with E-state index in [-0.39, 0.29) is 12.4 Å². The third-order valence-corrected chi connectivity index (χ3v) is 2.20. The van der Waals surface area contributed by atoms with E-state index in [2.05, 4.69) is 6.92 Å². The number of hydrogen-bond donors (Lipinski definition) is 2. The van der Waals surface area contributed by atoms with Gasteiger partial charge in [-0.1, -0.05) is 31.2 Å². The number of carboxylic acids is 1. The predicted octanol–water partition coefficient (Wildman–Crippen LogP) is 1.63. The molecule has 0 radical (unpaired) electrons. The molecule has 0 saturated carbocycles. The normalized spacial score (nSPS) is 11.6. The van der Waals surface area contributed by atoms with Crippen molar-refractivity contribution in [1.82, 2.24) is 0 Å². The lowest BCUT2D eigenvalue weighted by molar-refractivity contribution is -0.138. The predicted molar refractivity (Wildman–Crippen MR) is 62.4 cm³/mol. The zero-order valence-electron chi connectivity index (χ0n) is 8.64. The fourth-order valence-corrected chi connectivity index (χ4v) is 1.25. The molecule has 4 heteroatoms. The van der Waals surface area contributed by atoms with Gasteiger partial charge < -0.3 is 10.8 Å². The van der Waals surface area contributed by atoms with Crippen molar-refractivity contribution in [2.75, 3.05) is 0 Å². The molecule has 1 atom stereocenters. The molecule has 15 heavy (non-hydrogen) atoms. The van der Waals surface area contributed by atoms with Crippen molar-refractivity contribution in [1.29, 1.82) is 0 Å². The van der Waals surface area contributed by atoms with E-state index in [1.807, 2.05) is 24.3 Å². The summed E-state index contributed by atoms with van der Waals surface area (Å²) < 4.78 is 0. The molecule has 0 saturated heterocycles. The van der Waals surface area contributed by atoms with E-state index in [1.165, 1.54) is 5.56 Å². The summed E-state index contributed by atoms with van der Waals surface area (Å²) in [7, 11) is 0. The number of aliphatic carboxylic acids is 1. The molecule has 0 bridgehead atoms. The largest absolute Gasteiger partial charge is 0.480 e. The molecule has 0 aliphatic rings. The minimum Gasteiger partial charge on any atom is -0.480 e. The molecule has 0 amide bonds.